The molecule has 3 nitrogen and oxygen atoms in total. The summed E-state index contributed by atoms with van der Waals surface area (Å²) in [6.45, 7) is 0. The quantitative estimate of drug-likeness (QED) is 0.197. The highest BCUT2D eigenvalue weighted by molar-refractivity contribution is 6.24. The number of hydrogen-bond donors (Lipinski definition) is 0. The molecule has 0 saturated heterocycles. The summed E-state index contributed by atoms with van der Waals surface area (Å²) in [5.74, 6) is 0.911. The summed E-state index contributed by atoms with van der Waals surface area (Å²) in [5, 5.41) is 10.7. The molecule has 0 fully saturated rings. The van der Waals surface area contributed by atoms with Crippen molar-refractivity contribution in [3.8, 4) is 16.9 Å². The number of benzene rings is 7. The van der Waals surface area contributed by atoms with E-state index in [1.807, 2.05) is 12.1 Å². The van der Waals surface area contributed by atoms with Gasteiger partial charge in [0.15, 0.2) is 0 Å². The first-order chi connectivity index (χ1) is 21.8. The topological polar surface area (TPSA) is 31.0 Å². The zero-order valence-electron chi connectivity index (χ0n) is 23.7. The van der Waals surface area contributed by atoms with Gasteiger partial charge in [-0.3, -0.25) is 4.57 Å². The Morgan fingerprint density at radius 3 is 2.07 bits per heavy atom. The zero-order valence-corrected chi connectivity index (χ0v) is 23.7. The lowest BCUT2D eigenvalue weighted by molar-refractivity contribution is 0.669. The average Bonchev–Trinajstić information content (AvgIpc) is 3.62. The van der Waals surface area contributed by atoms with E-state index in [2.05, 4.69) is 138 Å². The van der Waals surface area contributed by atoms with Gasteiger partial charge in [-0.2, -0.15) is 0 Å². The molecule has 0 aliphatic rings. The lowest BCUT2D eigenvalue weighted by Crippen LogP contribution is -1.99. The molecule has 0 atom stereocenters. The standard InChI is InChI=1S/C41H24N2O/c1-2-10-25(11-3-1)34-24-40(42-36-15-7-4-12-28(34)36)43-37-16-8-5-13-29(37)32-21-20-27-31(41(32)43)19-18-26-22-35-30-14-6-9-17-38(30)44-39(35)23-33(26)27/h1-24H. The van der Waals surface area contributed by atoms with Crippen LogP contribution in [0, 0.1) is 0 Å². The second-order valence-corrected chi connectivity index (χ2v) is 11.6. The Hall–Kier alpha value is -5.93. The van der Waals surface area contributed by atoms with Crippen molar-refractivity contribution in [1.82, 2.24) is 9.55 Å². The summed E-state index contributed by atoms with van der Waals surface area (Å²) in [6.07, 6.45) is 0. The monoisotopic (exact) mass is 560 g/mol. The third-order valence-corrected chi connectivity index (χ3v) is 9.16. The smallest absolute Gasteiger partial charge is 0.138 e. The first-order valence-corrected chi connectivity index (χ1v) is 15.0. The highest BCUT2D eigenvalue weighted by Crippen LogP contribution is 2.41. The SMILES string of the molecule is c1ccc(-c2cc(-n3c4ccccc4c4ccc5c6cc7oc8ccccc8c7cc6ccc5c43)nc3ccccc23)cc1. The van der Waals surface area contributed by atoms with Gasteiger partial charge in [0.2, 0.25) is 0 Å². The third kappa shape index (κ3) is 3.24. The number of aromatic nitrogens is 2. The van der Waals surface area contributed by atoms with Gasteiger partial charge in [0.25, 0.3) is 0 Å². The Labute approximate surface area is 252 Å². The molecular formula is C41H24N2O. The summed E-state index contributed by atoms with van der Waals surface area (Å²) >= 11 is 0. The molecule has 0 unspecified atom stereocenters. The van der Waals surface area contributed by atoms with E-state index in [1.54, 1.807) is 0 Å². The van der Waals surface area contributed by atoms with Crippen molar-refractivity contribution in [2.45, 2.75) is 0 Å². The fraction of sp³-hybridized carbons (Fsp3) is 0. The summed E-state index contributed by atoms with van der Waals surface area (Å²) in [6, 6.07) is 51.8. The van der Waals surface area contributed by atoms with E-state index in [-0.39, 0.29) is 0 Å². The minimum Gasteiger partial charge on any atom is -0.456 e. The van der Waals surface area contributed by atoms with Crippen molar-refractivity contribution in [2.24, 2.45) is 0 Å². The minimum atomic E-state index is 0.911. The van der Waals surface area contributed by atoms with E-state index >= 15 is 0 Å². The molecule has 44 heavy (non-hydrogen) atoms. The predicted molar refractivity (Wildman–Crippen MR) is 184 cm³/mol. The Bertz CT molecular complexity index is 2770. The molecule has 10 aromatic rings. The molecule has 0 aliphatic carbocycles. The highest BCUT2D eigenvalue weighted by atomic mass is 16.3. The number of rotatable bonds is 2. The maximum atomic E-state index is 6.32. The Morgan fingerprint density at radius 2 is 1.16 bits per heavy atom. The molecule has 7 aromatic carbocycles. The van der Waals surface area contributed by atoms with Gasteiger partial charge < -0.3 is 4.42 Å². The van der Waals surface area contributed by atoms with Gasteiger partial charge in [0.1, 0.15) is 17.0 Å². The molecule has 0 spiro atoms. The molecule has 0 bridgehead atoms. The van der Waals surface area contributed by atoms with Crippen molar-refractivity contribution in [3.05, 3.63) is 146 Å². The van der Waals surface area contributed by atoms with E-state index < -0.39 is 0 Å². The molecular weight excluding hydrogens is 536 g/mol. The molecule has 0 radical (unpaired) electrons. The highest BCUT2D eigenvalue weighted by Gasteiger charge is 2.19. The van der Waals surface area contributed by atoms with Crippen molar-refractivity contribution >= 4 is 76.2 Å². The lowest BCUT2D eigenvalue weighted by Gasteiger charge is -2.14. The summed E-state index contributed by atoms with van der Waals surface area (Å²) in [5.41, 5.74) is 7.47. The summed E-state index contributed by atoms with van der Waals surface area (Å²) in [4.78, 5) is 5.29. The molecule has 3 heteroatoms. The van der Waals surface area contributed by atoms with Crippen LogP contribution in [-0.4, -0.2) is 9.55 Å². The molecule has 0 amide bonds. The van der Waals surface area contributed by atoms with Gasteiger partial charge in [-0.05, 0) is 63.7 Å². The van der Waals surface area contributed by atoms with Gasteiger partial charge in [-0.25, -0.2) is 4.98 Å². The average molecular weight is 561 g/mol. The first-order valence-electron chi connectivity index (χ1n) is 15.0. The van der Waals surface area contributed by atoms with Crippen LogP contribution in [0.5, 0.6) is 0 Å². The van der Waals surface area contributed by atoms with E-state index in [0.29, 0.717) is 0 Å². The summed E-state index contributed by atoms with van der Waals surface area (Å²) in [7, 11) is 0. The van der Waals surface area contributed by atoms with Crippen LogP contribution in [0.4, 0.5) is 0 Å². The largest absolute Gasteiger partial charge is 0.456 e. The Balaban J connectivity index is 1.34. The maximum absolute atomic E-state index is 6.32. The number of pyridine rings is 1. The molecule has 0 aliphatic heterocycles. The molecule has 0 N–H and O–H groups in total. The minimum absolute atomic E-state index is 0.911. The van der Waals surface area contributed by atoms with E-state index in [0.717, 1.165) is 49.7 Å². The fourth-order valence-corrected chi connectivity index (χ4v) is 7.19. The lowest BCUT2D eigenvalue weighted by atomic mass is 9.98. The predicted octanol–water partition coefficient (Wildman–Crippen LogP) is 11.2. The zero-order chi connectivity index (χ0) is 28.8. The van der Waals surface area contributed by atoms with Crippen LogP contribution in [0.25, 0.3) is 93.1 Å². The number of nitrogens with zero attached hydrogens (tertiary/aromatic N) is 2. The normalized spacial score (nSPS) is 12.1. The van der Waals surface area contributed by atoms with Gasteiger partial charge >= 0.3 is 0 Å². The van der Waals surface area contributed by atoms with Crippen molar-refractivity contribution in [1.29, 1.82) is 0 Å². The van der Waals surface area contributed by atoms with Crippen LogP contribution in [0.1, 0.15) is 0 Å². The first kappa shape index (κ1) is 23.6. The Morgan fingerprint density at radius 1 is 0.455 bits per heavy atom. The van der Waals surface area contributed by atoms with Gasteiger partial charge in [-0.15, -0.1) is 0 Å². The van der Waals surface area contributed by atoms with Crippen molar-refractivity contribution < 1.29 is 4.42 Å². The van der Waals surface area contributed by atoms with Crippen molar-refractivity contribution in [3.63, 3.8) is 0 Å². The second kappa shape index (κ2) is 8.79. The van der Waals surface area contributed by atoms with Gasteiger partial charge in [-0.1, -0.05) is 109 Å². The van der Waals surface area contributed by atoms with Crippen LogP contribution in [0.3, 0.4) is 0 Å². The molecule has 3 aromatic heterocycles. The van der Waals surface area contributed by atoms with E-state index in [9.17, 15) is 0 Å². The number of furan rings is 1. The van der Waals surface area contributed by atoms with Crippen LogP contribution < -0.4 is 0 Å². The molecule has 204 valence electrons. The van der Waals surface area contributed by atoms with Crippen LogP contribution in [-0.2, 0) is 0 Å². The third-order valence-electron chi connectivity index (χ3n) is 9.16. The maximum Gasteiger partial charge on any atom is 0.138 e. The van der Waals surface area contributed by atoms with E-state index in [4.69, 9.17) is 9.40 Å². The number of para-hydroxylation sites is 3. The number of fused-ring (bicyclic) bond motifs is 11. The van der Waals surface area contributed by atoms with E-state index in [1.165, 1.54) is 43.4 Å². The molecule has 3 heterocycles. The second-order valence-electron chi connectivity index (χ2n) is 11.6. The van der Waals surface area contributed by atoms with Crippen LogP contribution in [0.2, 0.25) is 0 Å². The van der Waals surface area contributed by atoms with Crippen molar-refractivity contribution in [2.75, 3.05) is 0 Å². The van der Waals surface area contributed by atoms with Gasteiger partial charge in [0, 0.05) is 32.3 Å². The Kier molecular flexibility index (Phi) is 4.72. The van der Waals surface area contributed by atoms with Crippen LogP contribution >= 0.6 is 0 Å². The van der Waals surface area contributed by atoms with Crippen LogP contribution in [0.15, 0.2) is 150 Å². The summed E-state index contributed by atoms with van der Waals surface area (Å²) < 4.78 is 8.68. The fourth-order valence-electron chi connectivity index (χ4n) is 7.19. The molecule has 10 rings (SSSR count). The number of hydrogen-bond acceptors (Lipinski definition) is 2. The molecule has 0 saturated carbocycles. The van der Waals surface area contributed by atoms with Gasteiger partial charge in [0.05, 0.1) is 16.6 Å².